The van der Waals surface area contributed by atoms with Crippen LogP contribution in [0.4, 0.5) is 0 Å². The molecule has 2 aromatic rings. The van der Waals surface area contributed by atoms with E-state index >= 15 is 0 Å². The summed E-state index contributed by atoms with van der Waals surface area (Å²) in [5.41, 5.74) is 9.83. The Morgan fingerprint density at radius 2 is 2.00 bits per heavy atom. The van der Waals surface area contributed by atoms with Gasteiger partial charge in [0.25, 0.3) is 0 Å². The minimum absolute atomic E-state index is 0.206. The van der Waals surface area contributed by atoms with E-state index in [1.807, 2.05) is 30.3 Å². The first-order valence-electron chi connectivity index (χ1n) is 7.06. The Labute approximate surface area is 119 Å². The summed E-state index contributed by atoms with van der Waals surface area (Å²) in [7, 11) is 0. The molecule has 0 bridgehead atoms. The quantitative estimate of drug-likeness (QED) is 0.914. The lowest BCUT2D eigenvalue weighted by Crippen LogP contribution is -2.05. The molecule has 0 radical (unpaired) electrons. The smallest absolute Gasteiger partial charge is 0.120 e. The highest BCUT2D eigenvalue weighted by Crippen LogP contribution is 2.31. The maximum Gasteiger partial charge on any atom is 0.120 e. The summed E-state index contributed by atoms with van der Waals surface area (Å²) in [4.78, 5) is 0. The van der Waals surface area contributed by atoms with E-state index in [4.69, 9.17) is 10.5 Å². The Morgan fingerprint density at radius 1 is 1.15 bits per heavy atom. The Kier molecular flexibility index (Phi) is 3.84. The first-order chi connectivity index (χ1) is 9.83. The average molecular weight is 265 g/mol. The molecule has 2 aromatic carbocycles. The summed E-state index contributed by atoms with van der Waals surface area (Å²) < 4.78 is 5.76. The van der Waals surface area contributed by atoms with Gasteiger partial charge in [-0.2, -0.15) is 0 Å². The summed E-state index contributed by atoms with van der Waals surface area (Å²) in [6.45, 7) is 0.583. The summed E-state index contributed by atoms with van der Waals surface area (Å²) in [6.07, 6.45) is 6.22. The Balaban J connectivity index is 1.58. The molecule has 2 heteroatoms. The lowest BCUT2D eigenvalue weighted by Gasteiger charge is -2.07. The van der Waals surface area contributed by atoms with Crippen LogP contribution in [0.15, 0.2) is 54.6 Å². The van der Waals surface area contributed by atoms with Gasteiger partial charge in [-0.05, 0) is 47.7 Å². The molecule has 0 amide bonds. The molecule has 2 nitrogen and oxygen atoms in total. The van der Waals surface area contributed by atoms with Gasteiger partial charge in [0, 0.05) is 6.04 Å². The van der Waals surface area contributed by atoms with Crippen molar-refractivity contribution in [3.8, 4) is 5.75 Å². The molecular weight excluding hydrogens is 246 g/mol. The van der Waals surface area contributed by atoms with Crippen molar-refractivity contribution in [2.75, 3.05) is 6.61 Å². The van der Waals surface area contributed by atoms with E-state index in [0.717, 1.165) is 18.6 Å². The minimum atomic E-state index is 0.206. The van der Waals surface area contributed by atoms with Gasteiger partial charge in [-0.3, -0.25) is 0 Å². The fourth-order valence-electron chi connectivity index (χ4n) is 2.61. The highest BCUT2D eigenvalue weighted by atomic mass is 16.5. The molecule has 0 aliphatic heterocycles. The molecule has 3 rings (SSSR count). The van der Waals surface area contributed by atoms with E-state index in [2.05, 4.69) is 30.3 Å². The number of fused-ring (bicyclic) bond motifs is 1. The monoisotopic (exact) mass is 265 g/mol. The second-order valence-electron chi connectivity index (χ2n) is 5.13. The van der Waals surface area contributed by atoms with Gasteiger partial charge in [-0.15, -0.1) is 0 Å². The molecular formula is C18H19NO. The number of hydrogen-bond donors (Lipinski definition) is 1. The number of rotatable bonds is 4. The maximum atomic E-state index is 6.03. The highest BCUT2D eigenvalue weighted by molar-refractivity contribution is 5.48. The molecule has 1 atom stereocenters. The molecule has 1 aliphatic rings. The standard InChI is InChI=1S/C18H19NO/c19-18-11-8-15-13-16(9-10-17(15)18)20-12-4-7-14-5-2-1-3-6-14/h1-7,9-10,13,18H,8,11-12,19H2/b7-4+/t18-/m0/s1. The summed E-state index contributed by atoms with van der Waals surface area (Å²) in [6, 6.07) is 16.7. The van der Waals surface area contributed by atoms with Crippen LogP contribution in [0, 0.1) is 0 Å². The lowest BCUT2D eigenvalue weighted by atomic mass is 10.1. The van der Waals surface area contributed by atoms with Gasteiger partial charge in [0.15, 0.2) is 0 Å². The van der Waals surface area contributed by atoms with Crippen molar-refractivity contribution in [1.29, 1.82) is 0 Å². The molecule has 20 heavy (non-hydrogen) atoms. The van der Waals surface area contributed by atoms with E-state index in [1.165, 1.54) is 16.7 Å². The minimum Gasteiger partial charge on any atom is -0.490 e. The van der Waals surface area contributed by atoms with Crippen LogP contribution in [0.5, 0.6) is 5.75 Å². The summed E-state index contributed by atoms with van der Waals surface area (Å²) >= 11 is 0. The zero-order valence-corrected chi connectivity index (χ0v) is 11.5. The molecule has 0 aromatic heterocycles. The predicted octanol–water partition coefficient (Wildman–Crippen LogP) is 3.72. The van der Waals surface area contributed by atoms with Crippen molar-refractivity contribution in [2.45, 2.75) is 18.9 Å². The second-order valence-corrected chi connectivity index (χ2v) is 5.13. The van der Waals surface area contributed by atoms with Crippen molar-refractivity contribution in [3.63, 3.8) is 0 Å². The second kappa shape index (κ2) is 5.93. The number of hydrogen-bond acceptors (Lipinski definition) is 2. The SMILES string of the molecule is N[C@H]1CCc2cc(OC/C=C/c3ccccc3)ccc21. The highest BCUT2D eigenvalue weighted by Gasteiger charge is 2.18. The Bertz CT molecular complexity index is 604. The lowest BCUT2D eigenvalue weighted by molar-refractivity contribution is 0.363. The van der Waals surface area contributed by atoms with Crippen LogP contribution >= 0.6 is 0 Å². The van der Waals surface area contributed by atoms with E-state index in [9.17, 15) is 0 Å². The molecule has 0 fully saturated rings. The predicted molar refractivity (Wildman–Crippen MR) is 82.7 cm³/mol. The topological polar surface area (TPSA) is 35.2 Å². The fourth-order valence-corrected chi connectivity index (χ4v) is 2.61. The van der Waals surface area contributed by atoms with Crippen LogP contribution in [0.1, 0.15) is 29.2 Å². The first kappa shape index (κ1) is 12.9. The molecule has 0 spiro atoms. The van der Waals surface area contributed by atoms with Gasteiger partial charge >= 0.3 is 0 Å². The van der Waals surface area contributed by atoms with Gasteiger partial charge in [0.1, 0.15) is 12.4 Å². The first-order valence-corrected chi connectivity index (χ1v) is 7.06. The van der Waals surface area contributed by atoms with E-state index < -0.39 is 0 Å². The number of nitrogens with two attached hydrogens (primary N) is 1. The van der Waals surface area contributed by atoms with E-state index in [0.29, 0.717) is 6.61 Å². The van der Waals surface area contributed by atoms with Crippen molar-refractivity contribution in [1.82, 2.24) is 0 Å². The van der Waals surface area contributed by atoms with Gasteiger partial charge in [0.2, 0.25) is 0 Å². The molecule has 102 valence electrons. The van der Waals surface area contributed by atoms with Gasteiger partial charge < -0.3 is 10.5 Å². The third-order valence-corrected chi connectivity index (χ3v) is 3.69. The third kappa shape index (κ3) is 2.91. The van der Waals surface area contributed by atoms with E-state index in [1.54, 1.807) is 0 Å². The van der Waals surface area contributed by atoms with Crippen LogP contribution in [0.2, 0.25) is 0 Å². The molecule has 0 saturated carbocycles. The van der Waals surface area contributed by atoms with Crippen LogP contribution in [-0.4, -0.2) is 6.61 Å². The normalized spacial score (nSPS) is 17.4. The molecule has 2 N–H and O–H groups in total. The van der Waals surface area contributed by atoms with Crippen molar-refractivity contribution in [3.05, 3.63) is 71.3 Å². The van der Waals surface area contributed by atoms with Crippen molar-refractivity contribution >= 4 is 6.08 Å². The summed E-state index contributed by atoms with van der Waals surface area (Å²) in [5, 5.41) is 0. The summed E-state index contributed by atoms with van der Waals surface area (Å²) in [5.74, 6) is 0.926. The van der Waals surface area contributed by atoms with E-state index in [-0.39, 0.29) is 6.04 Å². The average Bonchev–Trinajstić information content (AvgIpc) is 2.86. The fraction of sp³-hybridized carbons (Fsp3) is 0.222. The van der Waals surface area contributed by atoms with Crippen LogP contribution in [0.25, 0.3) is 6.08 Å². The van der Waals surface area contributed by atoms with Crippen LogP contribution < -0.4 is 10.5 Å². The number of ether oxygens (including phenoxy) is 1. The Hall–Kier alpha value is -2.06. The molecule has 0 unspecified atom stereocenters. The van der Waals surface area contributed by atoms with Gasteiger partial charge in [0.05, 0.1) is 0 Å². The van der Waals surface area contributed by atoms with Crippen molar-refractivity contribution < 1.29 is 4.74 Å². The number of aryl methyl sites for hydroxylation is 1. The largest absolute Gasteiger partial charge is 0.490 e. The zero-order chi connectivity index (χ0) is 13.8. The zero-order valence-electron chi connectivity index (χ0n) is 11.5. The number of benzene rings is 2. The third-order valence-electron chi connectivity index (χ3n) is 3.69. The molecule has 0 saturated heterocycles. The van der Waals surface area contributed by atoms with Crippen LogP contribution in [-0.2, 0) is 6.42 Å². The van der Waals surface area contributed by atoms with Gasteiger partial charge in [-0.1, -0.05) is 42.5 Å². The molecule has 0 heterocycles. The Morgan fingerprint density at radius 3 is 2.85 bits per heavy atom. The van der Waals surface area contributed by atoms with Crippen LogP contribution in [0.3, 0.4) is 0 Å². The molecule has 1 aliphatic carbocycles. The van der Waals surface area contributed by atoms with Crippen molar-refractivity contribution in [2.24, 2.45) is 5.73 Å². The maximum absolute atomic E-state index is 6.03. The van der Waals surface area contributed by atoms with Gasteiger partial charge in [-0.25, -0.2) is 0 Å².